The minimum atomic E-state index is -0.721. The Morgan fingerprint density at radius 2 is 1.88 bits per heavy atom. The predicted molar refractivity (Wildman–Crippen MR) is 97.4 cm³/mol. The summed E-state index contributed by atoms with van der Waals surface area (Å²) in [4.78, 5) is 25.1. The number of carbonyl (C=O) groups excluding carboxylic acids is 2. The van der Waals surface area contributed by atoms with Gasteiger partial charge in [0, 0.05) is 17.8 Å². The second kappa shape index (κ2) is 6.56. The molecule has 5 heteroatoms. The molecule has 26 heavy (non-hydrogen) atoms. The Bertz CT molecular complexity index is 872. The Morgan fingerprint density at radius 1 is 1.08 bits per heavy atom. The summed E-state index contributed by atoms with van der Waals surface area (Å²) in [5.41, 5.74) is 2.15. The summed E-state index contributed by atoms with van der Waals surface area (Å²) < 4.78 is 13.8. The van der Waals surface area contributed by atoms with Crippen LogP contribution in [0, 0.1) is 5.82 Å². The van der Waals surface area contributed by atoms with Crippen LogP contribution in [0.4, 0.5) is 10.1 Å². The number of carbonyl (C=O) groups is 2. The highest BCUT2D eigenvalue weighted by atomic mass is 19.1. The topological polar surface area (TPSA) is 58.2 Å². The third kappa shape index (κ3) is 2.87. The summed E-state index contributed by atoms with van der Waals surface area (Å²) in [7, 11) is 0. The fraction of sp³-hybridized carbons (Fsp3) is 0.333. The highest BCUT2D eigenvalue weighted by Crippen LogP contribution is 2.40. The molecular formula is C21H21FN2O2. The van der Waals surface area contributed by atoms with Crippen molar-refractivity contribution < 1.29 is 14.0 Å². The van der Waals surface area contributed by atoms with Gasteiger partial charge in [-0.1, -0.05) is 37.5 Å². The van der Waals surface area contributed by atoms with E-state index in [-0.39, 0.29) is 17.6 Å². The molecule has 2 aliphatic rings. The van der Waals surface area contributed by atoms with Crippen LogP contribution in [0.1, 0.15) is 53.6 Å². The second-order valence-electron chi connectivity index (χ2n) is 7.16. The normalized spacial score (nSPS) is 18.1. The van der Waals surface area contributed by atoms with Gasteiger partial charge in [-0.3, -0.25) is 9.59 Å². The van der Waals surface area contributed by atoms with Crippen molar-refractivity contribution in [1.29, 1.82) is 0 Å². The van der Waals surface area contributed by atoms with Gasteiger partial charge >= 0.3 is 0 Å². The zero-order chi connectivity index (χ0) is 18.1. The van der Waals surface area contributed by atoms with Crippen molar-refractivity contribution in [1.82, 2.24) is 5.32 Å². The average molecular weight is 352 g/mol. The Labute approximate surface area is 151 Å². The van der Waals surface area contributed by atoms with Crippen molar-refractivity contribution in [3.63, 3.8) is 0 Å². The number of hydrogen-bond acceptors (Lipinski definition) is 2. The summed E-state index contributed by atoms with van der Waals surface area (Å²) in [6, 6.07) is 11.8. The molecule has 0 atom stereocenters. The van der Waals surface area contributed by atoms with Gasteiger partial charge in [-0.25, -0.2) is 4.39 Å². The van der Waals surface area contributed by atoms with Gasteiger partial charge in [-0.15, -0.1) is 0 Å². The number of benzene rings is 2. The minimum Gasteiger partial charge on any atom is -0.348 e. The molecule has 0 saturated heterocycles. The highest BCUT2D eigenvalue weighted by Gasteiger charge is 2.41. The summed E-state index contributed by atoms with van der Waals surface area (Å²) in [6.07, 6.45) is 4.37. The molecule has 2 aromatic rings. The molecule has 134 valence electrons. The van der Waals surface area contributed by atoms with E-state index in [1.807, 2.05) is 18.2 Å². The molecule has 2 amide bonds. The minimum absolute atomic E-state index is 0.117. The maximum atomic E-state index is 13.8. The molecule has 0 bridgehead atoms. The van der Waals surface area contributed by atoms with Gasteiger partial charge in [0.1, 0.15) is 5.82 Å². The average Bonchev–Trinajstić information content (AvgIpc) is 3.03. The van der Waals surface area contributed by atoms with E-state index in [2.05, 4.69) is 10.6 Å². The van der Waals surface area contributed by atoms with Gasteiger partial charge in [0.05, 0.1) is 5.41 Å². The van der Waals surface area contributed by atoms with E-state index < -0.39 is 5.41 Å². The quantitative estimate of drug-likeness (QED) is 0.880. The van der Waals surface area contributed by atoms with Gasteiger partial charge < -0.3 is 10.6 Å². The van der Waals surface area contributed by atoms with E-state index in [1.54, 1.807) is 12.1 Å². The zero-order valence-electron chi connectivity index (χ0n) is 14.5. The molecule has 4 nitrogen and oxygen atoms in total. The summed E-state index contributed by atoms with van der Waals surface area (Å²) in [5, 5.41) is 5.75. The lowest BCUT2D eigenvalue weighted by atomic mass is 9.68. The first kappa shape index (κ1) is 16.8. The Kier molecular flexibility index (Phi) is 4.23. The van der Waals surface area contributed by atoms with Crippen molar-refractivity contribution in [3.8, 4) is 0 Å². The molecule has 1 aliphatic heterocycles. The van der Waals surface area contributed by atoms with Crippen molar-refractivity contribution in [2.45, 2.75) is 44.1 Å². The van der Waals surface area contributed by atoms with Crippen LogP contribution in [0.25, 0.3) is 0 Å². The van der Waals surface area contributed by atoms with E-state index in [1.165, 1.54) is 12.1 Å². The molecular weight excluding hydrogens is 331 g/mol. The number of amides is 2. The van der Waals surface area contributed by atoms with Gasteiger partial charge in [-0.2, -0.15) is 0 Å². The molecule has 0 radical (unpaired) electrons. The van der Waals surface area contributed by atoms with Crippen LogP contribution in [-0.2, 0) is 16.8 Å². The van der Waals surface area contributed by atoms with Crippen LogP contribution in [-0.4, -0.2) is 11.8 Å². The van der Waals surface area contributed by atoms with Crippen molar-refractivity contribution in [3.05, 3.63) is 65.0 Å². The van der Waals surface area contributed by atoms with Gasteiger partial charge in [-0.05, 0) is 48.2 Å². The van der Waals surface area contributed by atoms with Crippen molar-refractivity contribution >= 4 is 17.5 Å². The maximum Gasteiger partial charge on any atom is 0.251 e. The van der Waals surface area contributed by atoms with E-state index in [4.69, 9.17) is 0 Å². The fourth-order valence-corrected chi connectivity index (χ4v) is 4.13. The summed E-state index contributed by atoms with van der Waals surface area (Å²) >= 11 is 0. The standard InChI is InChI=1S/C21H21FN2O2/c22-16-6-4-5-15(11-16)21(9-2-1-3-10-21)20(26)24-17-8-7-14-13-23-19(25)18(14)12-17/h4-8,11-12H,1-3,9-10,13H2,(H,23,25)(H,24,26). The SMILES string of the molecule is O=C1NCc2ccc(NC(=O)C3(c4cccc(F)c4)CCCCC3)cc21. The fourth-order valence-electron chi connectivity index (χ4n) is 4.13. The largest absolute Gasteiger partial charge is 0.348 e. The van der Waals surface area contributed by atoms with Crippen LogP contribution in [0.15, 0.2) is 42.5 Å². The highest BCUT2D eigenvalue weighted by molar-refractivity contribution is 6.02. The lowest BCUT2D eigenvalue weighted by Gasteiger charge is -2.36. The third-order valence-corrected chi connectivity index (χ3v) is 5.57. The molecule has 0 spiro atoms. The molecule has 1 saturated carbocycles. The van der Waals surface area contributed by atoms with Crippen LogP contribution < -0.4 is 10.6 Å². The van der Waals surface area contributed by atoms with Crippen LogP contribution in [0.2, 0.25) is 0 Å². The Hall–Kier alpha value is -2.69. The molecule has 0 aromatic heterocycles. The number of hydrogen-bond donors (Lipinski definition) is 2. The van der Waals surface area contributed by atoms with Crippen LogP contribution in [0.5, 0.6) is 0 Å². The first-order valence-corrected chi connectivity index (χ1v) is 9.07. The molecule has 2 N–H and O–H groups in total. The lowest BCUT2D eigenvalue weighted by Crippen LogP contribution is -2.42. The van der Waals surface area contributed by atoms with Gasteiger partial charge in [0.2, 0.25) is 5.91 Å². The first-order valence-electron chi connectivity index (χ1n) is 9.07. The maximum absolute atomic E-state index is 13.8. The molecule has 1 heterocycles. The number of halogens is 1. The number of fused-ring (bicyclic) bond motifs is 1. The predicted octanol–water partition coefficient (Wildman–Crippen LogP) is 3.91. The summed E-state index contributed by atoms with van der Waals surface area (Å²) in [6.45, 7) is 0.523. The summed E-state index contributed by atoms with van der Waals surface area (Å²) in [5.74, 6) is -0.566. The van der Waals surface area contributed by atoms with Crippen LogP contribution in [0.3, 0.4) is 0 Å². The van der Waals surface area contributed by atoms with E-state index in [9.17, 15) is 14.0 Å². The van der Waals surface area contributed by atoms with Crippen molar-refractivity contribution in [2.75, 3.05) is 5.32 Å². The molecule has 1 aliphatic carbocycles. The lowest BCUT2D eigenvalue weighted by molar-refractivity contribution is -0.122. The van der Waals surface area contributed by atoms with E-state index in [0.29, 0.717) is 30.6 Å². The van der Waals surface area contributed by atoms with Gasteiger partial charge in [0.25, 0.3) is 5.91 Å². The Balaban J connectivity index is 1.65. The van der Waals surface area contributed by atoms with Crippen LogP contribution >= 0.6 is 0 Å². The molecule has 4 rings (SSSR count). The monoisotopic (exact) mass is 352 g/mol. The molecule has 1 fully saturated rings. The molecule has 0 unspecified atom stereocenters. The third-order valence-electron chi connectivity index (χ3n) is 5.57. The Morgan fingerprint density at radius 3 is 2.65 bits per heavy atom. The number of nitrogens with one attached hydrogen (secondary N) is 2. The number of anilines is 1. The smallest absolute Gasteiger partial charge is 0.251 e. The zero-order valence-corrected chi connectivity index (χ0v) is 14.5. The molecule has 2 aromatic carbocycles. The van der Waals surface area contributed by atoms with Gasteiger partial charge in [0.15, 0.2) is 0 Å². The number of rotatable bonds is 3. The van der Waals surface area contributed by atoms with E-state index >= 15 is 0 Å². The first-order chi connectivity index (χ1) is 12.6. The van der Waals surface area contributed by atoms with Crippen molar-refractivity contribution in [2.24, 2.45) is 0 Å². The second-order valence-corrected chi connectivity index (χ2v) is 7.16. The van der Waals surface area contributed by atoms with E-state index in [0.717, 1.165) is 30.4 Å².